The summed E-state index contributed by atoms with van der Waals surface area (Å²) >= 11 is 0. The van der Waals surface area contributed by atoms with Gasteiger partial charge in [0.05, 0.1) is 12.7 Å². The Morgan fingerprint density at radius 1 is 1.26 bits per heavy atom. The van der Waals surface area contributed by atoms with Gasteiger partial charge in [-0.2, -0.15) is 0 Å². The van der Waals surface area contributed by atoms with E-state index in [0.717, 1.165) is 12.1 Å². The highest BCUT2D eigenvalue weighted by atomic mass is 19.2. The molecule has 3 N–H and O–H groups in total. The van der Waals surface area contributed by atoms with Crippen molar-refractivity contribution < 1.29 is 19.0 Å². The summed E-state index contributed by atoms with van der Waals surface area (Å²) in [6.07, 6.45) is -0.380. The fourth-order valence-electron chi connectivity index (χ4n) is 1.88. The van der Waals surface area contributed by atoms with Gasteiger partial charge in [0.25, 0.3) is 0 Å². The minimum Gasteiger partial charge on any atom is -0.394 e. The van der Waals surface area contributed by atoms with Crippen LogP contribution in [0.3, 0.4) is 0 Å². The molecule has 1 aromatic carbocycles. The number of aliphatic hydroxyl groups is 2. The number of aliphatic hydroxyl groups excluding tert-OH is 2. The van der Waals surface area contributed by atoms with Gasteiger partial charge in [-0.15, -0.1) is 0 Å². The number of hydrogen-bond donors (Lipinski definition) is 3. The molecule has 0 fully saturated rings. The number of hydrogen-bond acceptors (Lipinski definition) is 3. The van der Waals surface area contributed by atoms with Gasteiger partial charge in [-0.1, -0.05) is 13.0 Å². The van der Waals surface area contributed by atoms with Crippen molar-refractivity contribution in [3.05, 3.63) is 35.4 Å². The first-order chi connectivity index (χ1) is 8.80. The van der Waals surface area contributed by atoms with Gasteiger partial charge >= 0.3 is 0 Å². The topological polar surface area (TPSA) is 52.5 Å². The van der Waals surface area contributed by atoms with Crippen molar-refractivity contribution in [2.75, 3.05) is 6.61 Å². The van der Waals surface area contributed by atoms with E-state index < -0.39 is 23.3 Å². The smallest absolute Gasteiger partial charge is 0.159 e. The van der Waals surface area contributed by atoms with Crippen LogP contribution in [0.25, 0.3) is 0 Å². The Morgan fingerprint density at radius 2 is 1.89 bits per heavy atom. The summed E-state index contributed by atoms with van der Waals surface area (Å²) in [5.41, 5.74) is -0.243. The molecule has 2 unspecified atom stereocenters. The largest absolute Gasteiger partial charge is 0.394 e. The molecular formula is C14H21F2NO2. The van der Waals surface area contributed by atoms with Gasteiger partial charge in [-0.3, -0.25) is 0 Å². The lowest BCUT2D eigenvalue weighted by Crippen LogP contribution is -2.50. The highest BCUT2D eigenvalue weighted by Gasteiger charge is 2.26. The van der Waals surface area contributed by atoms with Crippen molar-refractivity contribution >= 4 is 0 Å². The first kappa shape index (κ1) is 16.0. The predicted molar refractivity (Wildman–Crippen MR) is 69.7 cm³/mol. The van der Waals surface area contributed by atoms with Crippen molar-refractivity contribution in [3.63, 3.8) is 0 Å². The summed E-state index contributed by atoms with van der Waals surface area (Å²) in [6.45, 7) is 5.38. The van der Waals surface area contributed by atoms with Crippen LogP contribution in [-0.2, 0) is 0 Å². The first-order valence-corrected chi connectivity index (χ1v) is 6.32. The van der Waals surface area contributed by atoms with Crippen LogP contribution in [0.1, 0.15) is 38.9 Å². The van der Waals surface area contributed by atoms with E-state index in [9.17, 15) is 19.0 Å². The summed E-state index contributed by atoms with van der Waals surface area (Å²) < 4.78 is 26.0. The molecule has 0 bridgehead atoms. The Labute approximate surface area is 112 Å². The molecule has 108 valence electrons. The van der Waals surface area contributed by atoms with Crippen LogP contribution < -0.4 is 5.32 Å². The molecule has 0 spiro atoms. The maximum atomic E-state index is 13.2. The Kier molecular flexibility index (Phi) is 5.40. The van der Waals surface area contributed by atoms with E-state index in [1.54, 1.807) is 13.8 Å². The molecule has 0 saturated heterocycles. The van der Waals surface area contributed by atoms with E-state index in [1.807, 2.05) is 6.92 Å². The maximum Gasteiger partial charge on any atom is 0.159 e. The summed E-state index contributed by atoms with van der Waals surface area (Å²) in [5, 5.41) is 22.5. The van der Waals surface area contributed by atoms with Gasteiger partial charge in [0.1, 0.15) is 0 Å². The molecule has 5 heteroatoms. The second-order valence-electron chi connectivity index (χ2n) is 5.32. The van der Waals surface area contributed by atoms with Crippen LogP contribution in [0.2, 0.25) is 0 Å². The van der Waals surface area contributed by atoms with Crippen LogP contribution in [0, 0.1) is 11.6 Å². The van der Waals surface area contributed by atoms with E-state index in [4.69, 9.17) is 0 Å². The molecule has 3 nitrogen and oxygen atoms in total. The SMILES string of the molecule is CCC(NC(C)(C)CO)C(O)c1ccc(F)c(F)c1. The summed E-state index contributed by atoms with van der Waals surface area (Å²) in [5.74, 6) is -1.92. The fraction of sp³-hybridized carbons (Fsp3) is 0.571. The highest BCUT2D eigenvalue weighted by Crippen LogP contribution is 2.22. The van der Waals surface area contributed by atoms with E-state index in [0.29, 0.717) is 12.0 Å². The number of nitrogens with one attached hydrogen (secondary N) is 1. The zero-order valence-electron chi connectivity index (χ0n) is 11.5. The first-order valence-electron chi connectivity index (χ1n) is 6.32. The van der Waals surface area contributed by atoms with Crippen LogP contribution in [0.5, 0.6) is 0 Å². The predicted octanol–water partition coefficient (Wildman–Crippen LogP) is 2.14. The van der Waals surface area contributed by atoms with Crippen molar-refractivity contribution in [1.29, 1.82) is 0 Å². The average molecular weight is 273 g/mol. The molecule has 0 radical (unpaired) electrons. The minimum absolute atomic E-state index is 0.0893. The lowest BCUT2D eigenvalue weighted by Gasteiger charge is -2.32. The molecule has 0 aromatic heterocycles. The molecule has 0 aliphatic carbocycles. The Morgan fingerprint density at radius 3 is 2.37 bits per heavy atom. The van der Waals surface area contributed by atoms with E-state index in [1.165, 1.54) is 6.07 Å². The van der Waals surface area contributed by atoms with E-state index in [-0.39, 0.29) is 12.6 Å². The average Bonchev–Trinajstić information content (AvgIpc) is 2.38. The van der Waals surface area contributed by atoms with Gasteiger partial charge in [-0.25, -0.2) is 8.78 Å². The van der Waals surface area contributed by atoms with Gasteiger partial charge in [-0.05, 0) is 38.0 Å². The molecule has 19 heavy (non-hydrogen) atoms. The van der Waals surface area contributed by atoms with Crippen LogP contribution in [0.4, 0.5) is 8.78 Å². The van der Waals surface area contributed by atoms with Crippen molar-refractivity contribution in [2.45, 2.75) is 44.9 Å². The zero-order valence-corrected chi connectivity index (χ0v) is 11.5. The molecule has 0 aliphatic heterocycles. The fourth-order valence-corrected chi connectivity index (χ4v) is 1.88. The van der Waals surface area contributed by atoms with E-state index >= 15 is 0 Å². The van der Waals surface area contributed by atoms with Crippen molar-refractivity contribution in [2.24, 2.45) is 0 Å². The molecular weight excluding hydrogens is 252 g/mol. The summed E-state index contributed by atoms with van der Waals surface area (Å²) in [7, 11) is 0. The number of benzene rings is 1. The van der Waals surface area contributed by atoms with Gasteiger partial charge < -0.3 is 15.5 Å². The normalized spacial score (nSPS) is 15.3. The quantitative estimate of drug-likeness (QED) is 0.744. The molecule has 0 amide bonds. The maximum absolute atomic E-state index is 13.2. The van der Waals surface area contributed by atoms with Crippen molar-refractivity contribution in [3.8, 4) is 0 Å². The highest BCUT2D eigenvalue weighted by molar-refractivity contribution is 5.21. The molecule has 0 aliphatic rings. The van der Waals surface area contributed by atoms with Gasteiger partial charge in [0.15, 0.2) is 11.6 Å². The third-order valence-corrected chi connectivity index (χ3v) is 3.08. The summed E-state index contributed by atoms with van der Waals surface area (Å²) in [6, 6.07) is 3.00. The van der Waals surface area contributed by atoms with Crippen LogP contribution >= 0.6 is 0 Å². The van der Waals surface area contributed by atoms with Crippen LogP contribution in [-0.4, -0.2) is 28.4 Å². The standard InChI is InChI=1S/C14H21F2NO2/c1-4-12(17-14(2,3)8-18)13(19)9-5-6-10(15)11(16)7-9/h5-7,12-13,17-19H,4,8H2,1-3H3. The monoisotopic (exact) mass is 273 g/mol. The van der Waals surface area contributed by atoms with E-state index in [2.05, 4.69) is 5.32 Å². The lowest BCUT2D eigenvalue weighted by molar-refractivity contribution is 0.0896. The number of halogens is 2. The Hall–Kier alpha value is -1.04. The van der Waals surface area contributed by atoms with Gasteiger partial charge in [0, 0.05) is 11.6 Å². The molecule has 0 heterocycles. The number of rotatable bonds is 6. The second kappa shape index (κ2) is 6.41. The van der Waals surface area contributed by atoms with Gasteiger partial charge in [0.2, 0.25) is 0 Å². The Balaban J connectivity index is 2.89. The second-order valence-corrected chi connectivity index (χ2v) is 5.32. The van der Waals surface area contributed by atoms with Crippen LogP contribution in [0.15, 0.2) is 18.2 Å². The molecule has 2 atom stereocenters. The summed E-state index contributed by atoms with van der Waals surface area (Å²) in [4.78, 5) is 0. The third kappa shape index (κ3) is 4.23. The molecule has 1 aromatic rings. The zero-order chi connectivity index (χ0) is 14.6. The van der Waals surface area contributed by atoms with Crippen molar-refractivity contribution in [1.82, 2.24) is 5.32 Å². The Bertz CT molecular complexity index is 424. The lowest BCUT2D eigenvalue weighted by atomic mass is 9.96. The minimum atomic E-state index is -0.979. The molecule has 1 rings (SSSR count). The third-order valence-electron chi connectivity index (χ3n) is 3.08. The molecule has 0 saturated carbocycles.